The van der Waals surface area contributed by atoms with Crippen molar-refractivity contribution < 1.29 is 19.0 Å². The third-order valence-corrected chi connectivity index (χ3v) is 3.96. The zero-order valence-electron chi connectivity index (χ0n) is 12.8. The van der Waals surface area contributed by atoms with Crippen molar-refractivity contribution in [2.45, 2.75) is 13.0 Å². The molecule has 0 radical (unpaired) electrons. The second-order valence-electron chi connectivity index (χ2n) is 5.55. The topological polar surface area (TPSA) is 40.5 Å². The van der Waals surface area contributed by atoms with Crippen LogP contribution in [0.15, 0.2) is 60.7 Å². The average molecular weight is 326 g/mol. The molecule has 4 heteroatoms. The number of benzene rings is 3. The van der Waals surface area contributed by atoms with Gasteiger partial charge in [-0.05, 0) is 40.5 Å². The summed E-state index contributed by atoms with van der Waals surface area (Å²) >= 11 is 0. The van der Waals surface area contributed by atoms with Crippen molar-refractivity contribution in [1.29, 1.82) is 0 Å². The molecular weight excluding hydrogens is 310 g/mol. The molecule has 122 valence electrons. The first-order valence-electron chi connectivity index (χ1n) is 7.54. The molecule has 0 heterocycles. The minimum absolute atomic E-state index is 0.0241. The van der Waals surface area contributed by atoms with Gasteiger partial charge >= 0.3 is 0 Å². The second-order valence-corrected chi connectivity index (χ2v) is 5.55. The summed E-state index contributed by atoms with van der Waals surface area (Å²) in [6.45, 7) is -0.439. The molecule has 0 aliphatic rings. The van der Waals surface area contributed by atoms with Crippen LogP contribution in [-0.4, -0.2) is 10.2 Å². The number of hydrogen-bond donors (Lipinski definition) is 2. The Morgan fingerprint density at radius 3 is 2.17 bits per heavy atom. The number of hydrogen-bond acceptors (Lipinski definition) is 2. The maximum Gasteiger partial charge on any atom is 0.137 e. The zero-order chi connectivity index (χ0) is 17.1. The van der Waals surface area contributed by atoms with Gasteiger partial charge in [0.15, 0.2) is 0 Å². The molecule has 0 aliphatic heterocycles. The molecule has 3 rings (SSSR count). The Balaban J connectivity index is 2.14. The van der Waals surface area contributed by atoms with E-state index in [-0.39, 0.29) is 28.9 Å². The van der Waals surface area contributed by atoms with Crippen molar-refractivity contribution in [3.8, 4) is 16.9 Å². The van der Waals surface area contributed by atoms with Gasteiger partial charge in [-0.3, -0.25) is 0 Å². The summed E-state index contributed by atoms with van der Waals surface area (Å²) in [6.07, 6.45) is 0.258. The Kier molecular flexibility index (Phi) is 4.58. The Morgan fingerprint density at radius 2 is 1.54 bits per heavy atom. The van der Waals surface area contributed by atoms with Crippen molar-refractivity contribution >= 4 is 0 Å². The quantitative estimate of drug-likeness (QED) is 0.745. The van der Waals surface area contributed by atoms with E-state index in [1.165, 1.54) is 30.3 Å². The van der Waals surface area contributed by atoms with Crippen molar-refractivity contribution in [2.24, 2.45) is 0 Å². The summed E-state index contributed by atoms with van der Waals surface area (Å²) in [6, 6.07) is 16.1. The normalized spacial score (nSPS) is 10.8. The van der Waals surface area contributed by atoms with Crippen molar-refractivity contribution in [2.75, 3.05) is 0 Å². The molecule has 2 nitrogen and oxygen atoms in total. The zero-order valence-corrected chi connectivity index (χ0v) is 12.8. The second kappa shape index (κ2) is 6.81. The van der Waals surface area contributed by atoms with Crippen LogP contribution in [-0.2, 0) is 13.0 Å². The highest BCUT2D eigenvalue weighted by molar-refractivity contribution is 5.67. The maximum absolute atomic E-state index is 15.0. The van der Waals surface area contributed by atoms with E-state index in [1.807, 2.05) is 30.3 Å². The van der Waals surface area contributed by atoms with Crippen LogP contribution in [0.2, 0.25) is 0 Å². The number of phenolic OH excluding ortho intramolecular Hbond substituents is 1. The minimum atomic E-state index is -0.737. The van der Waals surface area contributed by atoms with Crippen molar-refractivity contribution in [3.05, 3.63) is 89.0 Å². The van der Waals surface area contributed by atoms with Crippen LogP contribution < -0.4 is 0 Å². The van der Waals surface area contributed by atoms with E-state index in [0.29, 0.717) is 5.56 Å². The van der Waals surface area contributed by atoms with E-state index in [4.69, 9.17) is 0 Å². The largest absolute Gasteiger partial charge is 0.508 e. The summed E-state index contributed by atoms with van der Waals surface area (Å²) in [5.41, 5.74) is 1.55. The highest BCUT2D eigenvalue weighted by Gasteiger charge is 2.19. The first kappa shape index (κ1) is 16.1. The standard InChI is InChI=1S/C20H16F2O2/c21-18-11-15(12-23)17(10-13-4-2-1-3-5-13)20(22)19(18)14-6-8-16(24)9-7-14/h1-9,11,23-24H,10,12H2. The van der Waals surface area contributed by atoms with Crippen LogP contribution in [0.1, 0.15) is 16.7 Å². The molecule has 0 atom stereocenters. The van der Waals surface area contributed by atoms with E-state index in [0.717, 1.165) is 5.56 Å². The Hall–Kier alpha value is -2.72. The smallest absolute Gasteiger partial charge is 0.137 e. The van der Waals surface area contributed by atoms with E-state index in [9.17, 15) is 14.6 Å². The van der Waals surface area contributed by atoms with Gasteiger partial charge in [0.1, 0.15) is 17.4 Å². The van der Waals surface area contributed by atoms with Gasteiger partial charge in [0, 0.05) is 6.42 Å². The van der Waals surface area contributed by atoms with Crippen LogP contribution in [0.4, 0.5) is 8.78 Å². The lowest BCUT2D eigenvalue weighted by atomic mass is 9.93. The van der Waals surface area contributed by atoms with E-state index >= 15 is 4.39 Å². The number of phenols is 1. The number of halogens is 2. The molecular formula is C20H16F2O2. The summed E-state index contributed by atoms with van der Waals surface area (Å²) in [4.78, 5) is 0. The van der Waals surface area contributed by atoms with Gasteiger partial charge in [-0.15, -0.1) is 0 Å². The van der Waals surface area contributed by atoms with Gasteiger partial charge < -0.3 is 10.2 Å². The summed E-state index contributed by atoms with van der Waals surface area (Å²) in [5, 5.41) is 18.8. The molecule has 0 unspecified atom stereocenters. The molecule has 2 N–H and O–H groups in total. The highest BCUT2D eigenvalue weighted by Crippen LogP contribution is 2.32. The summed E-state index contributed by atoms with van der Waals surface area (Å²) in [7, 11) is 0. The van der Waals surface area contributed by atoms with Gasteiger partial charge in [0.05, 0.1) is 12.2 Å². The third-order valence-electron chi connectivity index (χ3n) is 3.96. The SMILES string of the molecule is OCc1cc(F)c(-c2ccc(O)cc2)c(F)c1Cc1ccccc1. The number of aromatic hydroxyl groups is 1. The van der Waals surface area contributed by atoms with Gasteiger partial charge in [-0.2, -0.15) is 0 Å². The van der Waals surface area contributed by atoms with Crippen LogP contribution >= 0.6 is 0 Å². The van der Waals surface area contributed by atoms with Crippen LogP contribution in [0.3, 0.4) is 0 Å². The Morgan fingerprint density at radius 1 is 0.875 bits per heavy atom. The maximum atomic E-state index is 15.0. The fourth-order valence-electron chi connectivity index (χ4n) is 2.73. The van der Waals surface area contributed by atoms with Crippen LogP contribution in [0.5, 0.6) is 5.75 Å². The fourth-order valence-corrected chi connectivity index (χ4v) is 2.73. The summed E-state index contributed by atoms with van der Waals surface area (Å²) < 4.78 is 29.4. The van der Waals surface area contributed by atoms with Crippen LogP contribution in [0.25, 0.3) is 11.1 Å². The number of aliphatic hydroxyl groups is 1. The van der Waals surface area contributed by atoms with Crippen molar-refractivity contribution in [1.82, 2.24) is 0 Å². The number of aliphatic hydroxyl groups excluding tert-OH is 1. The minimum Gasteiger partial charge on any atom is -0.508 e. The molecule has 0 amide bonds. The van der Waals surface area contributed by atoms with Gasteiger partial charge in [-0.25, -0.2) is 8.78 Å². The van der Waals surface area contributed by atoms with Crippen molar-refractivity contribution in [3.63, 3.8) is 0 Å². The monoisotopic (exact) mass is 326 g/mol. The molecule has 0 spiro atoms. The molecule has 0 aromatic heterocycles. The molecule has 0 aliphatic carbocycles. The fraction of sp³-hybridized carbons (Fsp3) is 0.100. The lowest BCUT2D eigenvalue weighted by Gasteiger charge is -2.14. The number of rotatable bonds is 4. The predicted molar refractivity (Wildman–Crippen MR) is 88.6 cm³/mol. The van der Waals surface area contributed by atoms with E-state index < -0.39 is 18.2 Å². The predicted octanol–water partition coefficient (Wildman–Crippen LogP) is 4.42. The molecule has 3 aromatic rings. The Bertz CT molecular complexity index is 844. The molecule has 0 saturated carbocycles. The average Bonchev–Trinajstić information content (AvgIpc) is 2.60. The van der Waals surface area contributed by atoms with Crippen LogP contribution in [0, 0.1) is 11.6 Å². The molecule has 0 fully saturated rings. The molecule has 24 heavy (non-hydrogen) atoms. The molecule has 3 aromatic carbocycles. The lowest BCUT2D eigenvalue weighted by Crippen LogP contribution is -2.04. The van der Waals surface area contributed by atoms with E-state index in [1.54, 1.807) is 0 Å². The molecule has 0 saturated heterocycles. The van der Waals surface area contributed by atoms with E-state index in [2.05, 4.69) is 0 Å². The Labute approximate surface area is 138 Å². The van der Waals surface area contributed by atoms with Gasteiger partial charge in [0.25, 0.3) is 0 Å². The lowest BCUT2D eigenvalue weighted by molar-refractivity contribution is 0.279. The first-order chi connectivity index (χ1) is 11.6. The molecule has 0 bridgehead atoms. The summed E-state index contributed by atoms with van der Waals surface area (Å²) in [5.74, 6) is -1.40. The highest BCUT2D eigenvalue weighted by atomic mass is 19.1. The van der Waals surface area contributed by atoms with Gasteiger partial charge in [0.2, 0.25) is 0 Å². The third kappa shape index (κ3) is 3.14. The van der Waals surface area contributed by atoms with Gasteiger partial charge in [-0.1, -0.05) is 42.5 Å². The first-order valence-corrected chi connectivity index (χ1v) is 7.54.